The number of nitrogens with zero attached hydrogens (tertiary/aromatic N) is 6. The van der Waals surface area contributed by atoms with E-state index in [0.29, 0.717) is 34.8 Å². The molecule has 1 saturated heterocycles. The van der Waals surface area contributed by atoms with Gasteiger partial charge in [0.2, 0.25) is 11.7 Å². The lowest BCUT2D eigenvalue weighted by molar-refractivity contribution is -0.114. The van der Waals surface area contributed by atoms with Gasteiger partial charge < -0.3 is 16.0 Å². The number of halogens is 2. The normalized spacial score (nSPS) is 17.0. The van der Waals surface area contributed by atoms with E-state index in [1.54, 1.807) is 25.3 Å². The third kappa shape index (κ3) is 3.80. The van der Waals surface area contributed by atoms with Crippen LogP contribution >= 0.6 is 0 Å². The summed E-state index contributed by atoms with van der Waals surface area (Å²) >= 11 is 0. The maximum absolute atomic E-state index is 13.9. The fourth-order valence-electron chi connectivity index (χ4n) is 3.49. The van der Waals surface area contributed by atoms with E-state index in [1.165, 1.54) is 11.6 Å². The number of nitrogens with two attached hydrogens (primary N) is 1. The van der Waals surface area contributed by atoms with Crippen LogP contribution in [-0.4, -0.2) is 49.8 Å². The predicted octanol–water partition coefficient (Wildman–Crippen LogP) is 2.13. The van der Waals surface area contributed by atoms with Crippen molar-refractivity contribution < 1.29 is 13.6 Å². The topological polar surface area (TPSA) is 115 Å². The van der Waals surface area contributed by atoms with Crippen LogP contribution in [0.15, 0.2) is 18.3 Å². The van der Waals surface area contributed by atoms with Crippen LogP contribution < -0.4 is 16.0 Å². The molecular formula is C19H22F2N8O. The quantitative estimate of drug-likeness (QED) is 0.669. The number of amides is 1. The molecule has 1 atom stereocenters. The Morgan fingerprint density at radius 3 is 2.73 bits per heavy atom. The van der Waals surface area contributed by atoms with Gasteiger partial charge in [-0.05, 0) is 13.3 Å². The lowest BCUT2D eigenvalue weighted by Crippen LogP contribution is -2.26. The van der Waals surface area contributed by atoms with Gasteiger partial charge in [0, 0.05) is 57.0 Å². The molecule has 3 aromatic rings. The van der Waals surface area contributed by atoms with Gasteiger partial charge in [-0.1, -0.05) is 0 Å². The van der Waals surface area contributed by atoms with Crippen molar-refractivity contribution in [2.24, 2.45) is 5.73 Å². The van der Waals surface area contributed by atoms with Crippen molar-refractivity contribution in [2.75, 3.05) is 23.3 Å². The summed E-state index contributed by atoms with van der Waals surface area (Å²) in [5.74, 6) is -2.88. The van der Waals surface area contributed by atoms with E-state index in [1.807, 2.05) is 4.90 Å². The largest absolute Gasteiger partial charge is 0.353 e. The Hall–Kier alpha value is -3.21. The van der Waals surface area contributed by atoms with Gasteiger partial charge in [-0.15, -0.1) is 5.10 Å². The molecule has 0 saturated carbocycles. The maximum atomic E-state index is 13.9. The second-order valence-electron chi connectivity index (χ2n) is 7.58. The van der Waals surface area contributed by atoms with Crippen molar-refractivity contribution in [1.82, 2.24) is 24.7 Å². The second-order valence-corrected chi connectivity index (χ2v) is 7.58. The molecule has 0 radical (unpaired) electrons. The van der Waals surface area contributed by atoms with Crippen LogP contribution in [0.3, 0.4) is 0 Å². The van der Waals surface area contributed by atoms with Gasteiger partial charge in [0.15, 0.2) is 11.6 Å². The fraction of sp³-hybridized carbons (Fsp3) is 0.421. The van der Waals surface area contributed by atoms with Gasteiger partial charge >= 0.3 is 5.92 Å². The van der Waals surface area contributed by atoms with Crippen LogP contribution in [0.4, 0.5) is 20.4 Å². The average Bonchev–Trinajstić information content (AvgIpc) is 3.23. The zero-order chi connectivity index (χ0) is 21.6. The number of anilines is 2. The van der Waals surface area contributed by atoms with Gasteiger partial charge in [-0.25, -0.2) is 19.6 Å². The minimum atomic E-state index is -3.20. The number of carbonyl (C=O) groups is 1. The Morgan fingerprint density at radius 1 is 1.33 bits per heavy atom. The second kappa shape index (κ2) is 7.24. The van der Waals surface area contributed by atoms with Crippen LogP contribution in [0.1, 0.15) is 31.8 Å². The number of aryl methyl sites for hydroxylation is 1. The van der Waals surface area contributed by atoms with E-state index in [4.69, 9.17) is 5.73 Å². The zero-order valence-corrected chi connectivity index (χ0v) is 16.9. The smallest absolute Gasteiger partial charge is 0.303 e. The predicted molar refractivity (Wildman–Crippen MR) is 108 cm³/mol. The highest BCUT2D eigenvalue weighted by molar-refractivity contribution is 5.95. The molecule has 30 heavy (non-hydrogen) atoms. The minimum Gasteiger partial charge on any atom is -0.353 e. The number of aromatic nitrogens is 5. The van der Waals surface area contributed by atoms with E-state index in [9.17, 15) is 13.6 Å². The molecule has 0 bridgehead atoms. The maximum Gasteiger partial charge on any atom is 0.303 e. The van der Waals surface area contributed by atoms with Gasteiger partial charge in [-0.2, -0.15) is 8.78 Å². The summed E-state index contributed by atoms with van der Waals surface area (Å²) < 4.78 is 29.3. The van der Waals surface area contributed by atoms with Gasteiger partial charge in [0.05, 0.1) is 10.9 Å². The standard InChI is InChI=1S/C19H22F2N8O/c1-10-6-16(26-18(24-10)19(3,20)21)29-14-7-15(25-11(2)30)23-8-13(14)17(27-29)28-5-4-12(22)9-28/h6-8,12H,4-5,9,22H2,1-3H3,(H,23,25,30). The number of hydrogen-bond acceptors (Lipinski definition) is 7. The van der Waals surface area contributed by atoms with E-state index < -0.39 is 11.7 Å². The molecular weight excluding hydrogens is 394 g/mol. The molecule has 158 valence electrons. The third-order valence-electron chi connectivity index (χ3n) is 4.82. The van der Waals surface area contributed by atoms with Crippen LogP contribution in [0.25, 0.3) is 16.7 Å². The minimum absolute atomic E-state index is 0.0310. The van der Waals surface area contributed by atoms with E-state index >= 15 is 0 Å². The molecule has 1 aliphatic heterocycles. The first-order chi connectivity index (χ1) is 14.1. The first-order valence-corrected chi connectivity index (χ1v) is 9.53. The number of fused-ring (bicyclic) bond motifs is 1. The first-order valence-electron chi connectivity index (χ1n) is 9.53. The zero-order valence-electron chi connectivity index (χ0n) is 16.9. The number of nitrogens with one attached hydrogen (secondary N) is 1. The molecule has 3 aromatic heterocycles. The van der Waals surface area contributed by atoms with Crippen LogP contribution in [0, 0.1) is 6.92 Å². The van der Waals surface area contributed by atoms with E-state index in [2.05, 4.69) is 25.4 Å². The SMILES string of the molecule is CC(=O)Nc1cc2c(cn1)c(N1CCC(N)C1)nn2-c1cc(C)nc(C(C)(F)F)n1. The third-order valence-corrected chi connectivity index (χ3v) is 4.82. The summed E-state index contributed by atoms with van der Waals surface area (Å²) in [7, 11) is 0. The van der Waals surface area contributed by atoms with Crippen molar-refractivity contribution in [1.29, 1.82) is 0 Å². The molecule has 9 nitrogen and oxygen atoms in total. The summed E-state index contributed by atoms with van der Waals surface area (Å²) in [6.07, 6.45) is 2.43. The molecule has 11 heteroatoms. The fourth-order valence-corrected chi connectivity index (χ4v) is 3.49. The van der Waals surface area contributed by atoms with Crippen molar-refractivity contribution in [3.05, 3.63) is 29.8 Å². The molecule has 1 aliphatic rings. The monoisotopic (exact) mass is 416 g/mol. The molecule has 4 heterocycles. The highest BCUT2D eigenvalue weighted by Gasteiger charge is 2.30. The number of alkyl halides is 2. The van der Waals surface area contributed by atoms with Gasteiger partial charge in [-0.3, -0.25) is 4.79 Å². The van der Waals surface area contributed by atoms with Gasteiger partial charge in [0.1, 0.15) is 5.82 Å². The molecule has 1 fully saturated rings. The Morgan fingerprint density at radius 2 is 2.10 bits per heavy atom. The van der Waals surface area contributed by atoms with Crippen molar-refractivity contribution in [3.63, 3.8) is 0 Å². The van der Waals surface area contributed by atoms with Crippen molar-refractivity contribution in [3.8, 4) is 5.82 Å². The number of pyridine rings is 1. The summed E-state index contributed by atoms with van der Waals surface area (Å²) in [5, 5.41) is 8.00. The summed E-state index contributed by atoms with van der Waals surface area (Å²) in [5.41, 5.74) is 7.01. The molecule has 1 unspecified atom stereocenters. The van der Waals surface area contributed by atoms with Crippen LogP contribution in [0.5, 0.6) is 0 Å². The number of hydrogen-bond donors (Lipinski definition) is 2. The Bertz CT molecular complexity index is 1120. The van der Waals surface area contributed by atoms with Crippen molar-refractivity contribution >= 4 is 28.4 Å². The van der Waals surface area contributed by atoms with Crippen molar-refractivity contribution in [2.45, 2.75) is 39.2 Å². The molecule has 4 rings (SSSR count). The van der Waals surface area contributed by atoms with E-state index in [0.717, 1.165) is 19.9 Å². The first kappa shape index (κ1) is 20.1. The molecule has 0 aliphatic carbocycles. The van der Waals surface area contributed by atoms with Crippen LogP contribution in [-0.2, 0) is 10.7 Å². The van der Waals surface area contributed by atoms with E-state index in [-0.39, 0.29) is 17.8 Å². The molecule has 0 spiro atoms. The Labute approximate surface area is 171 Å². The summed E-state index contributed by atoms with van der Waals surface area (Å²) in [6, 6.07) is 3.26. The lowest BCUT2D eigenvalue weighted by Gasteiger charge is -2.15. The van der Waals surface area contributed by atoms with Crippen LogP contribution in [0.2, 0.25) is 0 Å². The average molecular weight is 416 g/mol. The number of carbonyl (C=O) groups excluding carboxylic acids is 1. The summed E-state index contributed by atoms with van der Waals surface area (Å²) in [6.45, 7) is 5.10. The lowest BCUT2D eigenvalue weighted by atomic mass is 10.3. The number of rotatable bonds is 4. The highest BCUT2D eigenvalue weighted by atomic mass is 19.3. The molecule has 1 amide bonds. The molecule has 0 aromatic carbocycles. The summed E-state index contributed by atoms with van der Waals surface area (Å²) in [4.78, 5) is 25.7. The highest BCUT2D eigenvalue weighted by Crippen LogP contribution is 2.32. The Kier molecular flexibility index (Phi) is 4.85. The Balaban J connectivity index is 1.92. The molecule has 3 N–H and O–H groups in total. The van der Waals surface area contributed by atoms with Gasteiger partial charge in [0.25, 0.3) is 0 Å².